The summed E-state index contributed by atoms with van der Waals surface area (Å²) in [4.78, 5) is 27.7. The van der Waals surface area contributed by atoms with Crippen LogP contribution >= 0.6 is 0 Å². The van der Waals surface area contributed by atoms with E-state index >= 15 is 0 Å². The van der Waals surface area contributed by atoms with Crippen molar-refractivity contribution in [3.63, 3.8) is 0 Å². The highest BCUT2D eigenvalue weighted by Gasteiger charge is 2.36. The van der Waals surface area contributed by atoms with Gasteiger partial charge in [0.1, 0.15) is 0 Å². The van der Waals surface area contributed by atoms with E-state index in [2.05, 4.69) is 10.3 Å². The molecule has 1 aliphatic rings. The van der Waals surface area contributed by atoms with Gasteiger partial charge in [0.25, 0.3) is 5.91 Å². The molecule has 5 heteroatoms. The van der Waals surface area contributed by atoms with Crippen molar-refractivity contribution in [1.29, 1.82) is 0 Å². The van der Waals surface area contributed by atoms with Crippen molar-refractivity contribution < 1.29 is 9.59 Å². The lowest BCUT2D eigenvalue weighted by Gasteiger charge is -2.05. The third kappa shape index (κ3) is 1.22. The molecule has 1 saturated heterocycles. The van der Waals surface area contributed by atoms with E-state index in [1.54, 1.807) is 24.4 Å². The molecule has 0 aliphatic carbocycles. The number of hydrogen-bond acceptors (Lipinski definition) is 3. The van der Waals surface area contributed by atoms with Crippen LogP contribution in [0.15, 0.2) is 24.4 Å². The smallest absolute Gasteiger partial charge is 0.320 e. The van der Waals surface area contributed by atoms with Crippen molar-refractivity contribution in [1.82, 2.24) is 15.2 Å². The molecule has 0 saturated carbocycles. The Bertz CT molecular complexity index is 377. The van der Waals surface area contributed by atoms with Crippen molar-refractivity contribution in [2.24, 2.45) is 0 Å². The number of carbonyl (C=O) groups excluding carboxylic acids is 2. The molecule has 3 amide bonds. The van der Waals surface area contributed by atoms with Gasteiger partial charge in [0.2, 0.25) is 0 Å². The SMILES string of the molecule is CN1C(=O)NC(c2ccccn2)C1=O. The summed E-state index contributed by atoms with van der Waals surface area (Å²) in [5.41, 5.74) is 0.565. The highest BCUT2D eigenvalue weighted by atomic mass is 16.2. The average Bonchev–Trinajstić information content (AvgIpc) is 2.47. The van der Waals surface area contributed by atoms with Gasteiger partial charge in [-0.15, -0.1) is 0 Å². The van der Waals surface area contributed by atoms with Gasteiger partial charge in [-0.1, -0.05) is 6.07 Å². The molecule has 1 aromatic rings. The van der Waals surface area contributed by atoms with Crippen LogP contribution in [-0.2, 0) is 4.79 Å². The highest BCUT2D eigenvalue weighted by Crippen LogP contribution is 2.17. The summed E-state index contributed by atoms with van der Waals surface area (Å²) in [6.45, 7) is 0. The molecule has 2 rings (SSSR count). The summed E-state index contributed by atoms with van der Waals surface area (Å²) in [5.74, 6) is -0.270. The first-order chi connectivity index (χ1) is 6.70. The van der Waals surface area contributed by atoms with Gasteiger partial charge in [0.05, 0.1) is 5.69 Å². The fourth-order valence-corrected chi connectivity index (χ4v) is 1.32. The Labute approximate surface area is 80.7 Å². The first kappa shape index (κ1) is 8.68. The zero-order valence-electron chi connectivity index (χ0n) is 7.60. The van der Waals surface area contributed by atoms with Crippen LogP contribution in [-0.4, -0.2) is 28.9 Å². The van der Waals surface area contributed by atoms with Crippen molar-refractivity contribution >= 4 is 11.9 Å². The Balaban J connectivity index is 2.30. The minimum absolute atomic E-state index is 0.270. The molecule has 1 aliphatic heterocycles. The van der Waals surface area contributed by atoms with Gasteiger partial charge in [-0.25, -0.2) is 4.79 Å². The van der Waals surface area contributed by atoms with Gasteiger partial charge in [0.15, 0.2) is 6.04 Å². The molecule has 1 aromatic heterocycles. The van der Waals surface area contributed by atoms with Crippen LogP contribution < -0.4 is 5.32 Å². The minimum atomic E-state index is -0.631. The third-order valence-electron chi connectivity index (χ3n) is 2.13. The van der Waals surface area contributed by atoms with Gasteiger partial charge < -0.3 is 5.32 Å². The van der Waals surface area contributed by atoms with Crippen LogP contribution in [0.25, 0.3) is 0 Å². The molecule has 1 atom stereocenters. The van der Waals surface area contributed by atoms with E-state index in [-0.39, 0.29) is 11.9 Å². The van der Waals surface area contributed by atoms with Crippen LogP contribution in [0.2, 0.25) is 0 Å². The normalized spacial score (nSPS) is 21.2. The fraction of sp³-hybridized carbons (Fsp3) is 0.222. The van der Waals surface area contributed by atoms with Crippen molar-refractivity contribution in [2.45, 2.75) is 6.04 Å². The maximum atomic E-state index is 11.5. The third-order valence-corrected chi connectivity index (χ3v) is 2.13. The molecule has 1 unspecified atom stereocenters. The van der Waals surface area contributed by atoms with Gasteiger partial charge in [0, 0.05) is 13.2 Å². The molecule has 72 valence electrons. The number of nitrogens with one attached hydrogen (secondary N) is 1. The first-order valence-electron chi connectivity index (χ1n) is 4.19. The summed E-state index contributed by atoms with van der Waals surface area (Å²) >= 11 is 0. The number of nitrogens with zero attached hydrogens (tertiary/aromatic N) is 2. The Morgan fingerprint density at radius 2 is 2.21 bits per heavy atom. The monoisotopic (exact) mass is 191 g/mol. The second kappa shape index (κ2) is 3.10. The van der Waals surface area contributed by atoms with E-state index in [0.29, 0.717) is 5.69 Å². The van der Waals surface area contributed by atoms with E-state index in [1.165, 1.54) is 7.05 Å². The molecule has 5 nitrogen and oxygen atoms in total. The topological polar surface area (TPSA) is 62.3 Å². The zero-order chi connectivity index (χ0) is 10.1. The van der Waals surface area contributed by atoms with Crippen LogP contribution in [0.4, 0.5) is 4.79 Å². The van der Waals surface area contributed by atoms with Gasteiger partial charge >= 0.3 is 6.03 Å². The van der Waals surface area contributed by atoms with Gasteiger partial charge in [-0.05, 0) is 12.1 Å². The van der Waals surface area contributed by atoms with Gasteiger partial charge in [-0.2, -0.15) is 0 Å². The number of urea groups is 1. The van der Waals surface area contributed by atoms with E-state index in [9.17, 15) is 9.59 Å². The quantitative estimate of drug-likeness (QED) is 0.649. The van der Waals surface area contributed by atoms with E-state index in [1.807, 2.05) is 0 Å². The lowest BCUT2D eigenvalue weighted by molar-refractivity contribution is -0.126. The van der Waals surface area contributed by atoms with E-state index in [0.717, 1.165) is 4.90 Å². The van der Waals surface area contributed by atoms with Gasteiger partial charge in [-0.3, -0.25) is 14.7 Å². The van der Waals surface area contributed by atoms with E-state index < -0.39 is 6.04 Å². The molecular weight excluding hydrogens is 182 g/mol. The molecule has 0 bridgehead atoms. The average molecular weight is 191 g/mol. The number of aromatic nitrogens is 1. The Morgan fingerprint density at radius 3 is 2.71 bits per heavy atom. The summed E-state index contributed by atoms with van der Waals surface area (Å²) in [6.07, 6.45) is 1.59. The predicted octanol–water partition coefficient (Wildman–Crippen LogP) is 0.304. The number of pyridine rings is 1. The standard InChI is InChI=1S/C9H9N3O2/c1-12-8(13)7(11-9(12)14)6-4-2-3-5-10-6/h2-5,7H,1H3,(H,11,14). The van der Waals surface area contributed by atoms with Crippen LogP contribution in [0, 0.1) is 0 Å². The number of rotatable bonds is 1. The maximum absolute atomic E-state index is 11.5. The lowest BCUT2D eigenvalue weighted by atomic mass is 10.2. The molecule has 14 heavy (non-hydrogen) atoms. The second-order valence-electron chi connectivity index (χ2n) is 3.03. The molecule has 1 N–H and O–H groups in total. The summed E-state index contributed by atoms with van der Waals surface area (Å²) in [6, 6.07) is 4.23. The lowest BCUT2D eigenvalue weighted by Crippen LogP contribution is -2.25. The predicted molar refractivity (Wildman–Crippen MR) is 48.3 cm³/mol. The van der Waals surface area contributed by atoms with Crippen molar-refractivity contribution in [2.75, 3.05) is 7.05 Å². The Kier molecular flexibility index (Phi) is 1.92. The second-order valence-corrected chi connectivity index (χ2v) is 3.03. The molecular formula is C9H9N3O2. The van der Waals surface area contributed by atoms with Crippen molar-refractivity contribution in [3.8, 4) is 0 Å². The van der Waals surface area contributed by atoms with Crippen LogP contribution in [0.5, 0.6) is 0 Å². The minimum Gasteiger partial charge on any atom is -0.320 e. The first-order valence-corrected chi connectivity index (χ1v) is 4.19. The molecule has 1 fully saturated rings. The number of hydrogen-bond donors (Lipinski definition) is 1. The largest absolute Gasteiger partial charge is 0.324 e. The summed E-state index contributed by atoms with van der Waals surface area (Å²) in [5, 5.41) is 2.54. The van der Waals surface area contributed by atoms with Crippen LogP contribution in [0.3, 0.4) is 0 Å². The highest BCUT2D eigenvalue weighted by molar-refractivity contribution is 6.04. The number of imide groups is 1. The molecule has 0 radical (unpaired) electrons. The molecule has 2 heterocycles. The number of amides is 3. The maximum Gasteiger partial charge on any atom is 0.324 e. The summed E-state index contributed by atoms with van der Waals surface area (Å²) < 4.78 is 0. The fourth-order valence-electron chi connectivity index (χ4n) is 1.32. The Morgan fingerprint density at radius 1 is 1.43 bits per heavy atom. The molecule has 0 spiro atoms. The number of carbonyl (C=O) groups is 2. The summed E-state index contributed by atoms with van der Waals surface area (Å²) in [7, 11) is 1.45. The molecule has 0 aromatic carbocycles. The Hall–Kier alpha value is -1.91. The van der Waals surface area contributed by atoms with E-state index in [4.69, 9.17) is 0 Å². The van der Waals surface area contributed by atoms with Crippen molar-refractivity contribution in [3.05, 3.63) is 30.1 Å². The van der Waals surface area contributed by atoms with Crippen LogP contribution in [0.1, 0.15) is 11.7 Å². The number of likely N-dealkylation sites (N-methyl/N-ethyl adjacent to an activating group) is 1. The zero-order valence-corrected chi connectivity index (χ0v) is 7.60.